The lowest BCUT2D eigenvalue weighted by atomic mass is 9.69. The van der Waals surface area contributed by atoms with Crippen LogP contribution in [0.1, 0.15) is 41.0 Å². The Kier molecular flexibility index (Phi) is 4.55. The Morgan fingerprint density at radius 3 is 2.00 bits per heavy atom. The standard InChI is InChI=1S/C12H26B3NO3/c1-7-8-9(16(6)12(13,14)17)15-18-10(2,3)11(4,5)19-15/h8,17H,7,13-14H2,1-6H3/b9-8-. The molecule has 1 fully saturated rings. The van der Waals surface area contributed by atoms with Gasteiger partial charge in [-0.3, -0.25) is 0 Å². The van der Waals surface area contributed by atoms with Crippen molar-refractivity contribution in [3.05, 3.63) is 11.7 Å². The van der Waals surface area contributed by atoms with Gasteiger partial charge in [-0.2, -0.15) is 0 Å². The largest absolute Gasteiger partial charge is 0.511 e. The van der Waals surface area contributed by atoms with Crippen LogP contribution < -0.4 is 0 Å². The highest BCUT2D eigenvalue weighted by atomic mass is 16.7. The van der Waals surface area contributed by atoms with Crippen molar-refractivity contribution in [3.8, 4) is 0 Å². The van der Waals surface area contributed by atoms with Crippen LogP contribution in [-0.2, 0) is 9.31 Å². The Morgan fingerprint density at radius 1 is 1.26 bits per heavy atom. The fraction of sp³-hybridized carbons (Fsp3) is 0.833. The summed E-state index contributed by atoms with van der Waals surface area (Å²) in [6, 6.07) is 0. The van der Waals surface area contributed by atoms with Crippen molar-refractivity contribution in [2.75, 3.05) is 7.05 Å². The van der Waals surface area contributed by atoms with Crippen molar-refractivity contribution in [1.29, 1.82) is 0 Å². The van der Waals surface area contributed by atoms with E-state index in [1.165, 1.54) is 0 Å². The summed E-state index contributed by atoms with van der Waals surface area (Å²) in [5.74, 6) is 0. The summed E-state index contributed by atoms with van der Waals surface area (Å²) >= 11 is 0. The fourth-order valence-electron chi connectivity index (χ4n) is 1.88. The first-order valence-electron chi connectivity index (χ1n) is 6.94. The van der Waals surface area contributed by atoms with Crippen LogP contribution >= 0.6 is 0 Å². The molecule has 0 aliphatic carbocycles. The van der Waals surface area contributed by atoms with E-state index in [9.17, 15) is 5.11 Å². The van der Waals surface area contributed by atoms with E-state index in [4.69, 9.17) is 9.31 Å². The quantitative estimate of drug-likeness (QED) is 0.560. The van der Waals surface area contributed by atoms with Crippen LogP contribution in [0.5, 0.6) is 0 Å². The number of hydrogen-bond acceptors (Lipinski definition) is 4. The molecule has 1 aliphatic rings. The highest BCUT2D eigenvalue weighted by Gasteiger charge is 2.53. The van der Waals surface area contributed by atoms with E-state index in [2.05, 4.69) is 6.92 Å². The monoisotopic (exact) mass is 265 g/mol. The average Bonchev–Trinajstić information content (AvgIpc) is 2.42. The topological polar surface area (TPSA) is 41.9 Å². The van der Waals surface area contributed by atoms with Gasteiger partial charge in [0.2, 0.25) is 0 Å². The Hall–Kier alpha value is -0.385. The summed E-state index contributed by atoms with van der Waals surface area (Å²) in [5.41, 5.74) is -0.825. The minimum Gasteiger partial charge on any atom is -0.398 e. The molecule has 1 rings (SSSR count). The van der Waals surface area contributed by atoms with Crippen LogP contribution in [0.2, 0.25) is 0 Å². The first-order valence-corrected chi connectivity index (χ1v) is 6.94. The molecule has 1 aliphatic heterocycles. The first kappa shape index (κ1) is 16.7. The summed E-state index contributed by atoms with van der Waals surface area (Å²) < 4.78 is 12.1. The molecular formula is C12H26B3NO3. The van der Waals surface area contributed by atoms with Crippen LogP contribution in [0.4, 0.5) is 0 Å². The Balaban J connectivity index is 3.02. The first-order chi connectivity index (χ1) is 8.42. The molecule has 19 heavy (non-hydrogen) atoms. The number of rotatable bonds is 4. The lowest BCUT2D eigenvalue weighted by Gasteiger charge is -2.36. The van der Waals surface area contributed by atoms with Gasteiger partial charge >= 0.3 is 7.12 Å². The molecule has 0 amide bonds. The molecule has 0 radical (unpaired) electrons. The molecule has 0 aromatic rings. The maximum Gasteiger partial charge on any atom is 0.511 e. The SMILES string of the molecule is BC(B)(O)N(C)/C(=C\CC)B1OC(C)(C)C(C)(C)O1. The number of nitrogens with zero attached hydrogens (tertiary/aromatic N) is 1. The van der Waals surface area contributed by atoms with Crippen LogP contribution in [0.3, 0.4) is 0 Å². The third-order valence-corrected chi connectivity index (χ3v) is 4.12. The van der Waals surface area contributed by atoms with E-state index in [0.717, 1.165) is 12.0 Å². The summed E-state index contributed by atoms with van der Waals surface area (Å²) in [6.07, 6.45) is 2.90. The molecule has 0 unspecified atom stereocenters. The van der Waals surface area contributed by atoms with Crippen molar-refractivity contribution in [3.63, 3.8) is 0 Å². The normalized spacial score (nSPS) is 22.7. The van der Waals surface area contributed by atoms with Crippen LogP contribution in [0.25, 0.3) is 0 Å². The molecule has 1 heterocycles. The highest BCUT2D eigenvalue weighted by Crippen LogP contribution is 2.39. The van der Waals surface area contributed by atoms with Crippen molar-refractivity contribution >= 4 is 22.8 Å². The number of aliphatic hydroxyl groups is 1. The third-order valence-electron chi connectivity index (χ3n) is 4.12. The van der Waals surface area contributed by atoms with Crippen molar-refractivity contribution in [2.24, 2.45) is 0 Å². The highest BCUT2D eigenvalue weighted by molar-refractivity contribution is 6.55. The van der Waals surface area contributed by atoms with E-state index >= 15 is 0 Å². The molecule has 0 aromatic heterocycles. The second-order valence-corrected chi connectivity index (χ2v) is 6.68. The zero-order valence-electron chi connectivity index (χ0n) is 13.6. The summed E-state index contributed by atoms with van der Waals surface area (Å²) in [6.45, 7) is 10.2. The van der Waals surface area contributed by atoms with Gasteiger partial charge in [-0.1, -0.05) is 13.0 Å². The second-order valence-electron chi connectivity index (χ2n) is 6.68. The predicted molar refractivity (Wildman–Crippen MR) is 84.3 cm³/mol. The molecule has 0 saturated carbocycles. The maximum atomic E-state index is 10.2. The van der Waals surface area contributed by atoms with E-state index in [1.54, 1.807) is 20.6 Å². The molecule has 7 heteroatoms. The zero-order chi connectivity index (χ0) is 15.1. The van der Waals surface area contributed by atoms with Crippen LogP contribution in [0, 0.1) is 0 Å². The van der Waals surface area contributed by atoms with Gasteiger partial charge in [0.25, 0.3) is 0 Å². The third kappa shape index (κ3) is 3.39. The predicted octanol–water partition coefficient (Wildman–Crippen LogP) is -0.287. The maximum absolute atomic E-state index is 10.2. The molecule has 0 aromatic carbocycles. The van der Waals surface area contributed by atoms with Crippen molar-refractivity contribution in [1.82, 2.24) is 4.90 Å². The molecule has 106 valence electrons. The second kappa shape index (κ2) is 5.19. The minimum atomic E-state index is -0.954. The Bertz CT molecular complexity index is 348. The van der Waals surface area contributed by atoms with Gasteiger partial charge in [0, 0.05) is 12.6 Å². The molecule has 4 nitrogen and oxygen atoms in total. The van der Waals surface area contributed by atoms with E-state index in [-0.39, 0.29) is 11.2 Å². The number of allylic oxidation sites excluding steroid dienone is 1. The smallest absolute Gasteiger partial charge is 0.398 e. The van der Waals surface area contributed by atoms with E-state index < -0.39 is 12.6 Å². The van der Waals surface area contributed by atoms with Gasteiger partial charge in [-0.25, -0.2) is 0 Å². The molecule has 0 bridgehead atoms. The molecule has 0 atom stereocenters. The summed E-state index contributed by atoms with van der Waals surface area (Å²) in [4.78, 5) is 1.80. The van der Waals surface area contributed by atoms with Crippen molar-refractivity contribution in [2.45, 2.75) is 57.8 Å². The van der Waals surface area contributed by atoms with E-state index in [0.29, 0.717) is 0 Å². The number of hydrogen-bond donors (Lipinski definition) is 1. The lowest BCUT2D eigenvalue weighted by molar-refractivity contribution is 0.00578. The summed E-state index contributed by atoms with van der Waals surface area (Å²) in [7, 11) is 4.91. The van der Waals surface area contributed by atoms with Gasteiger partial charge in [-0.05, 0) is 34.1 Å². The lowest BCUT2D eigenvalue weighted by Crippen LogP contribution is -2.50. The molecule has 1 N–H and O–H groups in total. The van der Waals surface area contributed by atoms with Crippen molar-refractivity contribution < 1.29 is 14.4 Å². The van der Waals surface area contributed by atoms with Gasteiger partial charge in [0.15, 0.2) is 15.7 Å². The van der Waals surface area contributed by atoms with Crippen LogP contribution in [-0.4, -0.2) is 56.6 Å². The average molecular weight is 265 g/mol. The van der Waals surface area contributed by atoms with Gasteiger partial charge in [-0.15, -0.1) is 0 Å². The molecule has 0 spiro atoms. The van der Waals surface area contributed by atoms with Gasteiger partial charge in [0.05, 0.1) is 16.7 Å². The summed E-state index contributed by atoms with van der Waals surface area (Å²) in [5, 5.41) is 10.2. The van der Waals surface area contributed by atoms with Crippen LogP contribution in [0.15, 0.2) is 11.7 Å². The molecular weight excluding hydrogens is 239 g/mol. The Labute approximate surface area is 119 Å². The van der Waals surface area contributed by atoms with E-state index in [1.807, 2.05) is 40.8 Å². The van der Waals surface area contributed by atoms with Gasteiger partial charge in [0.1, 0.15) is 0 Å². The fourth-order valence-corrected chi connectivity index (χ4v) is 1.88. The zero-order valence-corrected chi connectivity index (χ0v) is 13.6. The Morgan fingerprint density at radius 2 is 1.68 bits per heavy atom. The molecule has 1 saturated heterocycles. The van der Waals surface area contributed by atoms with Gasteiger partial charge < -0.3 is 19.3 Å². The minimum absolute atomic E-state index is 0.370.